The molecule has 0 rings (SSSR count). The summed E-state index contributed by atoms with van der Waals surface area (Å²) in [6, 6.07) is 0. The Bertz CT molecular complexity index is 1910. The van der Waals surface area contributed by atoms with Crippen LogP contribution in [-0.4, -0.2) is 96.7 Å². The Hall–Kier alpha value is -1.94. The van der Waals surface area contributed by atoms with E-state index in [1.165, 1.54) is 212 Å². The van der Waals surface area contributed by atoms with Crippen LogP contribution in [0.3, 0.4) is 0 Å². The Morgan fingerprint density at radius 3 is 0.776 bits per heavy atom. The van der Waals surface area contributed by atoms with Crippen molar-refractivity contribution in [2.75, 3.05) is 39.6 Å². The fraction of sp³-hybridized carbons (Fsp3) is 0.949. The summed E-state index contributed by atoms with van der Waals surface area (Å²) in [4.78, 5) is 72.9. The summed E-state index contributed by atoms with van der Waals surface area (Å²) in [6.07, 6.45) is 57.0. The van der Waals surface area contributed by atoms with Gasteiger partial charge in [-0.05, 0) is 43.4 Å². The van der Waals surface area contributed by atoms with Gasteiger partial charge in [0.05, 0.1) is 26.4 Å². The molecule has 0 aromatic carbocycles. The van der Waals surface area contributed by atoms with Crippen LogP contribution in [0.4, 0.5) is 0 Å². The lowest BCUT2D eigenvalue weighted by Gasteiger charge is -2.21. The molecule has 0 aliphatic rings. The molecule has 98 heavy (non-hydrogen) atoms. The Kier molecular flexibility index (Phi) is 68.1. The Morgan fingerprint density at radius 1 is 0.296 bits per heavy atom. The fourth-order valence-corrected chi connectivity index (χ4v) is 13.7. The van der Waals surface area contributed by atoms with Crippen LogP contribution in [-0.2, 0) is 65.4 Å². The zero-order valence-corrected chi connectivity index (χ0v) is 66.0. The number of esters is 4. The van der Waals surface area contributed by atoms with Crippen molar-refractivity contribution in [1.82, 2.24) is 0 Å². The highest BCUT2D eigenvalue weighted by atomic mass is 31.2. The maximum atomic E-state index is 13.1. The van der Waals surface area contributed by atoms with Crippen LogP contribution < -0.4 is 0 Å². The zero-order valence-electron chi connectivity index (χ0n) is 64.3. The Balaban J connectivity index is 5.20. The molecule has 0 fully saturated rings. The maximum Gasteiger partial charge on any atom is 0.472 e. The van der Waals surface area contributed by atoms with Crippen LogP contribution in [0, 0.1) is 17.8 Å². The number of ether oxygens (including phenoxy) is 4. The molecule has 0 amide bonds. The molecule has 0 saturated heterocycles. The van der Waals surface area contributed by atoms with E-state index in [1.54, 1.807) is 0 Å². The van der Waals surface area contributed by atoms with Gasteiger partial charge in [0.15, 0.2) is 12.2 Å². The van der Waals surface area contributed by atoms with E-state index in [4.69, 9.17) is 37.0 Å². The molecular weight excluding hydrogens is 1280 g/mol. The summed E-state index contributed by atoms with van der Waals surface area (Å²) >= 11 is 0. The molecule has 0 heterocycles. The Labute approximate surface area is 600 Å². The van der Waals surface area contributed by atoms with Crippen LogP contribution >= 0.6 is 15.6 Å². The minimum atomic E-state index is -4.96. The summed E-state index contributed by atoms with van der Waals surface area (Å²) < 4.78 is 68.6. The molecule has 0 spiro atoms. The van der Waals surface area contributed by atoms with Gasteiger partial charge in [0.1, 0.15) is 19.3 Å². The molecule has 582 valence electrons. The molecule has 0 radical (unpaired) electrons. The second kappa shape index (κ2) is 69.4. The number of aliphatic hydroxyl groups excluding tert-OH is 1. The molecule has 0 bridgehead atoms. The molecular formula is C79H154O17P2. The smallest absolute Gasteiger partial charge is 0.462 e. The van der Waals surface area contributed by atoms with Crippen LogP contribution in [0.25, 0.3) is 0 Å². The highest BCUT2D eigenvalue weighted by Gasteiger charge is 2.30. The number of unbranched alkanes of at least 4 members (excludes halogenated alkanes) is 44. The lowest BCUT2D eigenvalue weighted by Crippen LogP contribution is -2.30. The van der Waals surface area contributed by atoms with Crippen molar-refractivity contribution in [3.63, 3.8) is 0 Å². The van der Waals surface area contributed by atoms with Gasteiger partial charge in [-0.1, -0.05) is 357 Å². The summed E-state index contributed by atoms with van der Waals surface area (Å²) in [6.45, 7) is 11.9. The third-order valence-corrected chi connectivity index (χ3v) is 20.6. The molecule has 3 unspecified atom stereocenters. The SMILES string of the molecule is CCCCCCCCCCCCCCCCC(=O)OC[C@H](COP(=O)(O)OC[C@@H](O)COP(=O)(O)OC[C@@H](COC(=O)CCCCCCCCCC(C)C)OC(=O)CCCCCCCCCCCC(C)C)OC(=O)CCCCCCCCCCCCCCCCCCCCC(C)CC. The minimum Gasteiger partial charge on any atom is -0.462 e. The molecule has 0 aliphatic heterocycles. The first-order valence-corrected chi connectivity index (χ1v) is 43.9. The van der Waals surface area contributed by atoms with Gasteiger partial charge >= 0.3 is 39.5 Å². The number of hydrogen-bond donors (Lipinski definition) is 3. The van der Waals surface area contributed by atoms with Crippen molar-refractivity contribution in [3.8, 4) is 0 Å². The van der Waals surface area contributed by atoms with Gasteiger partial charge in [-0.25, -0.2) is 9.13 Å². The lowest BCUT2D eigenvalue weighted by molar-refractivity contribution is -0.161. The number of aliphatic hydroxyl groups is 1. The van der Waals surface area contributed by atoms with Gasteiger partial charge in [-0.2, -0.15) is 0 Å². The van der Waals surface area contributed by atoms with Crippen molar-refractivity contribution in [1.29, 1.82) is 0 Å². The number of hydrogen-bond acceptors (Lipinski definition) is 15. The van der Waals surface area contributed by atoms with E-state index in [9.17, 15) is 43.2 Å². The van der Waals surface area contributed by atoms with Crippen LogP contribution in [0.5, 0.6) is 0 Å². The van der Waals surface area contributed by atoms with Gasteiger partial charge in [0, 0.05) is 25.7 Å². The predicted octanol–water partition coefficient (Wildman–Crippen LogP) is 23.4. The van der Waals surface area contributed by atoms with Crippen LogP contribution in [0.2, 0.25) is 0 Å². The highest BCUT2D eigenvalue weighted by molar-refractivity contribution is 7.47. The lowest BCUT2D eigenvalue weighted by atomic mass is 9.99. The first kappa shape index (κ1) is 96.1. The van der Waals surface area contributed by atoms with E-state index in [-0.39, 0.29) is 25.7 Å². The van der Waals surface area contributed by atoms with Gasteiger partial charge in [-0.3, -0.25) is 37.3 Å². The van der Waals surface area contributed by atoms with Crippen molar-refractivity contribution in [2.45, 2.75) is 426 Å². The Morgan fingerprint density at radius 2 is 0.520 bits per heavy atom. The third-order valence-electron chi connectivity index (χ3n) is 18.7. The molecule has 0 aromatic heterocycles. The van der Waals surface area contributed by atoms with Crippen LogP contribution in [0.1, 0.15) is 408 Å². The van der Waals surface area contributed by atoms with Gasteiger partial charge < -0.3 is 33.8 Å². The van der Waals surface area contributed by atoms with E-state index in [0.29, 0.717) is 31.6 Å². The van der Waals surface area contributed by atoms with E-state index in [2.05, 4.69) is 48.5 Å². The van der Waals surface area contributed by atoms with Gasteiger partial charge in [0.2, 0.25) is 0 Å². The van der Waals surface area contributed by atoms with E-state index in [0.717, 1.165) is 108 Å². The normalized spacial score (nSPS) is 14.3. The topological polar surface area (TPSA) is 237 Å². The number of carbonyl (C=O) groups is 4. The molecule has 0 aromatic rings. The predicted molar refractivity (Wildman–Crippen MR) is 400 cm³/mol. The highest BCUT2D eigenvalue weighted by Crippen LogP contribution is 2.45. The molecule has 3 N–H and O–H groups in total. The molecule has 19 heteroatoms. The van der Waals surface area contributed by atoms with Crippen molar-refractivity contribution < 1.29 is 80.2 Å². The standard InChI is InChI=1S/C79H154O17P2/c1-8-10-11-12-13-14-15-16-24-27-32-39-46-53-60-76(81)89-66-74(95-78(83)62-55-48-40-33-28-25-22-20-18-17-19-21-23-26-31-38-45-52-59-72(7)9-2)68-93-97(85,86)91-64-73(80)65-92-98(87,88)94-69-75(67-90-77(82)61-54-47-42-35-37-44-51-58-71(5)6)96-79(84)63-56-49-41-34-29-30-36-43-50-57-70(3)4/h70-75,80H,8-69H2,1-7H3,(H,85,86)(H,87,88)/t72?,73-,74-,75-/m1/s1. The second-order valence-electron chi connectivity index (χ2n) is 29.6. The summed E-state index contributed by atoms with van der Waals surface area (Å²) in [5.74, 6) is 0.197. The number of rotatable bonds is 77. The van der Waals surface area contributed by atoms with E-state index in [1.807, 2.05) is 0 Å². The minimum absolute atomic E-state index is 0.105. The molecule has 17 nitrogen and oxygen atoms in total. The van der Waals surface area contributed by atoms with Gasteiger partial charge in [-0.15, -0.1) is 0 Å². The zero-order chi connectivity index (χ0) is 72.3. The number of phosphoric ester groups is 2. The average molecular weight is 1440 g/mol. The van der Waals surface area contributed by atoms with Crippen molar-refractivity contribution >= 4 is 39.5 Å². The van der Waals surface area contributed by atoms with Gasteiger partial charge in [0.25, 0.3) is 0 Å². The maximum absolute atomic E-state index is 13.1. The fourth-order valence-electron chi connectivity index (χ4n) is 12.1. The first-order valence-electron chi connectivity index (χ1n) is 40.9. The molecule has 0 saturated carbocycles. The summed E-state index contributed by atoms with van der Waals surface area (Å²) in [7, 11) is -9.92. The van der Waals surface area contributed by atoms with Crippen LogP contribution in [0.15, 0.2) is 0 Å². The number of carbonyl (C=O) groups excluding carboxylic acids is 4. The summed E-state index contributed by atoms with van der Waals surface area (Å²) in [5, 5.41) is 10.6. The first-order chi connectivity index (χ1) is 47.3. The summed E-state index contributed by atoms with van der Waals surface area (Å²) in [5.41, 5.74) is 0. The van der Waals surface area contributed by atoms with Crippen molar-refractivity contribution in [3.05, 3.63) is 0 Å². The van der Waals surface area contributed by atoms with E-state index >= 15 is 0 Å². The molecule has 0 aliphatic carbocycles. The number of phosphoric acid groups is 2. The quantitative estimate of drug-likeness (QED) is 0.0222. The largest absolute Gasteiger partial charge is 0.472 e. The second-order valence-corrected chi connectivity index (χ2v) is 32.6. The third kappa shape index (κ3) is 71.1. The van der Waals surface area contributed by atoms with Crippen molar-refractivity contribution in [2.24, 2.45) is 17.8 Å². The molecule has 6 atom stereocenters. The average Bonchev–Trinajstić information content (AvgIpc) is 1.12. The monoisotopic (exact) mass is 1440 g/mol. The van der Waals surface area contributed by atoms with E-state index < -0.39 is 97.5 Å².